The van der Waals surface area contributed by atoms with Crippen LogP contribution in [0.3, 0.4) is 0 Å². The summed E-state index contributed by atoms with van der Waals surface area (Å²) in [5.41, 5.74) is 2.88. The van der Waals surface area contributed by atoms with Gasteiger partial charge < -0.3 is 25.6 Å². The van der Waals surface area contributed by atoms with E-state index in [-0.39, 0.29) is 18.4 Å². The number of nitrogens with zero attached hydrogens (tertiary/aromatic N) is 1. The van der Waals surface area contributed by atoms with Crippen molar-refractivity contribution in [1.82, 2.24) is 5.32 Å². The van der Waals surface area contributed by atoms with E-state index < -0.39 is 6.04 Å². The van der Waals surface area contributed by atoms with Crippen LogP contribution in [0.1, 0.15) is 11.6 Å². The van der Waals surface area contributed by atoms with Gasteiger partial charge in [-0.2, -0.15) is 0 Å². The lowest BCUT2D eigenvalue weighted by molar-refractivity contribution is -0.125. The SMILES string of the molecule is O=C(Nc1ccc(N2CCOCC2=O)cc1)C(NC(=S)Nc1ccc(Cl)cc1)c1ccccc1. The summed E-state index contributed by atoms with van der Waals surface area (Å²) < 4.78 is 5.18. The van der Waals surface area contributed by atoms with Crippen LogP contribution in [0.5, 0.6) is 0 Å². The van der Waals surface area contributed by atoms with Crippen molar-refractivity contribution in [3.8, 4) is 0 Å². The van der Waals surface area contributed by atoms with Crippen LogP contribution in [0.2, 0.25) is 5.02 Å². The van der Waals surface area contributed by atoms with Crippen LogP contribution < -0.4 is 20.9 Å². The number of halogens is 1. The minimum absolute atomic E-state index is 0.0763. The maximum absolute atomic E-state index is 13.2. The van der Waals surface area contributed by atoms with Crippen molar-refractivity contribution >= 4 is 57.8 Å². The second kappa shape index (κ2) is 11.1. The number of morpholine rings is 1. The van der Waals surface area contributed by atoms with E-state index in [1.165, 1.54) is 0 Å². The van der Waals surface area contributed by atoms with Crippen LogP contribution in [-0.4, -0.2) is 36.7 Å². The van der Waals surface area contributed by atoms with Gasteiger partial charge in [0.05, 0.1) is 6.61 Å². The number of thiocarbonyl (C=S) groups is 1. The van der Waals surface area contributed by atoms with Crippen molar-refractivity contribution < 1.29 is 14.3 Å². The first-order valence-electron chi connectivity index (χ1n) is 10.7. The van der Waals surface area contributed by atoms with E-state index in [4.69, 9.17) is 28.6 Å². The highest BCUT2D eigenvalue weighted by molar-refractivity contribution is 7.80. The van der Waals surface area contributed by atoms with Gasteiger partial charge in [0, 0.05) is 28.6 Å². The predicted octanol–water partition coefficient (Wildman–Crippen LogP) is 4.37. The van der Waals surface area contributed by atoms with E-state index in [9.17, 15) is 9.59 Å². The molecule has 3 aromatic rings. The molecule has 1 unspecified atom stereocenters. The highest BCUT2D eigenvalue weighted by atomic mass is 35.5. The summed E-state index contributed by atoms with van der Waals surface area (Å²) in [5.74, 6) is -0.361. The molecule has 1 aliphatic rings. The standard InChI is InChI=1S/C25H23ClN4O3S/c26-18-6-8-20(9-7-18)28-25(34)29-23(17-4-2-1-3-5-17)24(32)27-19-10-12-21(13-11-19)30-14-15-33-16-22(30)31/h1-13,23H,14-16H2,(H,27,32)(H2,28,29,34). The summed E-state index contributed by atoms with van der Waals surface area (Å²) in [5, 5.41) is 10.0. The zero-order valence-electron chi connectivity index (χ0n) is 18.2. The van der Waals surface area contributed by atoms with E-state index in [2.05, 4.69) is 16.0 Å². The second-order valence-corrected chi connectivity index (χ2v) is 8.43. The van der Waals surface area contributed by atoms with Crippen molar-refractivity contribution in [2.24, 2.45) is 0 Å². The van der Waals surface area contributed by atoms with Gasteiger partial charge in [-0.15, -0.1) is 0 Å². The first kappa shape index (κ1) is 23.7. The van der Waals surface area contributed by atoms with Crippen molar-refractivity contribution in [3.05, 3.63) is 89.4 Å². The number of carbonyl (C=O) groups is 2. The highest BCUT2D eigenvalue weighted by Crippen LogP contribution is 2.22. The Morgan fingerprint density at radius 3 is 2.26 bits per heavy atom. The van der Waals surface area contributed by atoms with Gasteiger partial charge in [0.15, 0.2) is 5.11 Å². The third kappa shape index (κ3) is 6.11. The fourth-order valence-corrected chi connectivity index (χ4v) is 3.87. The molecule has 34 heavy (non-hydrogen) atoms. The molecule has 3 aromatic carbocycles. The number of carbonyl (C=O) groups excluding carboxylic acids is 2. The van der Waals surface area contributed by atoms with Crippen LogP contribution in [0.25, 0.3) is 0 Å². The molecule has 1 fully saturated rings. The van der Waals surface area contributed by atoms with Crippen LogP contribution in [0.4, 0.5) is 17.1 Å². The molecule has 0 aliphatic carbocycles. The third-order valence-corrected chi connectivity index (χ3v) is 5.68. The number of benzene rings is 3. The second-order valence-electron chi connectivity index (χ2n) is 7.58. The Kier molecular flexibility index (Phi) is 7.74. The minimum atomic E-state index is -0.728. The summed E-state index contributed by atoms with van der Waals surface area (Å²) in [7, 11) is 0. The van der Waals surface area contributed by atoms with Gasteiger partial charge in [-0.1, -0.05) is 41.9 Å². The molecule has 1 saturated heterocycles. The molecule has 1 aliphatic heterocycles. The maximum Gasteiger partial charge on any atom is 0.253 e. The normalized spacial score (nSPS) is 14.3. The number of hydrogen-bond donors (Lipinski definition) is 3. The minimum Gasteiger partial charge on any atom is -0.370 e. The van der Waals surface area contributed by atoms with Gasteiger partial charge in [0.25, 0.3) is 11.8 Å². The molecule has 0 radical (unpaired) electrons. The fraction of sp³-hybridized carbons (Fsp3) is 0.160. The molecule has 174 valence electrons. The Balaban J connectivity index is 1.45. The smallest absolute Gasteiger partial charge is 0.253 e. The molecule has 0 bridgehead atoms. The first-order valence-corrected chi connectivity index (χ1v) is 11.5. The van der Waals surface area contributed by atoms with E-state index in [1.54, 1.807) is 53.4 Å². The molecule has 0 spiro atoms. The zero-order valence-corrected chi connectivity index (χ0v) is 19.7. The Morgan fingerprint density at radius 2 is 1.59 bits per heavy atom. The van der Waals surface area contributed by atoms with Gasteiger partial charge >= 0.3 is 0 Å². The molecule has 1 heterocycles. The molecule has 0 aromatic heterocycles. The average molecular weight is 495 g/mol. The molecule has 7 nitrogen and oxygen atoms in total. The Morgan fingerprint density at radius 1 is 0.941 bits per heavy atom. The quantitative estimate of drug-likeness (QED) is 0.441. The number of hydrogen-bond acceptors (Lipinski definition) is 4. The first-order chi connectivity index (χ1) is 16.5. The fourth-order valence-electron chi connectivity index (χ4n) is 3.51. The lowest BCUT2D eigenvalue weighted by Crippen LogP contribution is -2.41. The molecular weight excluding hydrogens is 472 g/mol. The van der Waals surface area contributed by atoms with Crippen molar-refractivity contribution in [2.75, 3.05) is 35.3 Å². The van der Waals surface area contributed by atoms with Crippen molar-refractivity contribution in [2.45, 2.75) is 6.04 Å². The van der Waals surface area contributed by atoms with Gasteiger partial charge in [0.1, 0.15) is 12.6 Å². The molecule has 0 saturated carbocycles. The van der Waals surface area contributed by atoms with Gasteiger partial charge in [-0.25, -0.2) is 0 Å². The summed E-state index contributed by atoms with van der Waals surface area (Å²) in [6, 6.07) is 22.8. The number of rotatable bonds is 6. The number of anilines is 3. The van der Waals surface area contributed by atoms with Crippen molar-refractivity contribution in [3.63, 3.8) is 0 Å². The lowest BCUT2D eigenvalue weighted by atomic mass is 10.1. The zero-order chi connectivity index (χ0) is 23.9. The van der Waals surface area contributed by atoms with Gasteiger partial charge in [-0.05, 0) is 66.3 Å². The van der Waals surface area contributed by atoms with E-state index in [1.807, 2.05) is 30.3 Å². The summed E-state index contributed by atoms with van der Waals surface area (Å²) in [6.45, 7) is 1.08. The predicted molar refractivity (Wildman–Crippen MR) is 138 cm³/mol. The molecule has 1 atom stereocenters. The lowest BCUT2D eigenvalue weighted by Gasteiger charge is -2.27. The summed E-state index contributed by atoms with van der Waals surface area (Å²) in [4.78, 5) is 26.9. The summed E-state index contributed by atoms with van der Waals surface area (Å²) in [6.07, 6.45) is 0. The Bertz CT molecular complexity index is 1160. The molecule has 3 N–H and O–H groups in total. The number of nitrogens with one attached hydrogen (secondary N) is 3. The van der Waals surface area contributed by atoms with E-state index >= 15 is 0 Å². The summed E-state index contributed by atoms with van der Waals surface area (Å²) >= 11 is 11.4. The highest BCUT2D eigenvalue weighted by Gasteiger charge is 2.23. The molecule has 4 rings (SSSR count). The molecular formula is C25H23ClN4O3S. The molecule has 9 heteroatoms. The Labute approximate surface area is 208 Å². The number of ether oxygens (including phenoxy) is 1. The monoisotopic (exact) mass is 494 g/mol. The Hall–Kier alpha value is -3.46. The number of amides is 2. The van der Waals surface area contributed by atoms with Crippen LogP contribution in [0.15, 0.2) is 78.9 Å². The van der Waals surface area contributed by atoms with Crippen LogP contribution in [-0.2, 0) is 14.3 Å². The van der Waals surface area contributed by atoms with Crippen molar-refractivity contribution in [1.29, 1.82) is 0 Å². The van der Waals surface area contributed by atoms with E-state index in [0.717, 1.165) is 16.9 Å². The average Bonchev–Trinajstić information content (AvgIpc) is 2.85. The van der Waals surface area contributed by atoms with E-state index in [0.29, 0.717) is 29.0 Å². The maximum atomic E-state index is 13.2. The van der Waals surface area contributed by atoms with Gasteiger partial charge in [-0.3, -0.25) is 9.59 Å². The topological polar surface area (TPSA) is 82.7 Å². The van der Waals surface area contributed by atoms with Crippen LogP contribution in [0, 0.1) is 0 Å². The third-order valence-electron chi connectivity index (χ3n) is 5.20. The van der Waals surface area contributed by atoms with Gasteiger partial charge in [0.2, 0.25) is 0 Å². The van der Waals surface area contributed by atoms with Crippen LogP contribution >= 0.6 is 23.8 Å². The largest absolute Gasteiger partial charge is 0.370 e. The molecule has 2 amide bonds.